The molecule has 0 saturated carbocycles. The maximum absolute atomic E-state index is 13.4. The molecule has 2 rings (SSSR count). The predicted octanol–water partition coefficient (Wildman–Crippen LogP) is 2.88. The van der Waals surface area contributed by atoms with E-state index in [1.807, 2.05) is 0 Å². The molecule has 0 saturated heterocycles. The largest absolute Gasteiger partial charge is 0.332 e. The second-order valence-corrected chi connectivity index (χ2v) is 5.22. The maximum atomic E-state index is 13.4. The van der Waals surface area contributed by atoms with Gasteiger partial charge in [-0.2, -0.15) is 11.3 Å². The van der Waals surface area contributed by atoms with E-state index in [2.05, 4.69) is 5.32 Å². The molecule has 8 heteroatoms. The molecule has 0 atom stereocenters. The number of rotatable bonds is 4. The number of halogens is 3. The minimum atomic E-state index is -1.67. The third kappa shape index (κ3) is 3.45. The van der Waals surface area contributed by atoms with Crippen LogP contribution < -0.4 is 5.32 Å². The van der Waals surface area contributed by atoms with Crippen LogP contribution in [-0.4, -0.2) is 30.3 Å². The van der Waals surface area contributed by atoms with E-state index in [9.17, 15) is 22.8 Å². The molecular formula is C14H11F3N2O2S. The van der Waals surface area contributed by atoms with Gasteiger partial charge in [0.25, 0.3) is 5.91 Å². The summed E-state index contributed by atoms with van der Waals surface area (Å²) in [6.07, 6.45) is 0. The van der Waals surface area contributed by atoms with E-state index in [4.69, 9.17) is 0 Å². The lowest BCUT2D eigenvalue weighted by Crippen LogP contribution is -2.34. The number of nitrogens with zero attached hydrogens (tertiary/aromatic N) is 1. The standard InChI is InChI=1S/C14H11F3N2O2S/c1-19(14(21)8-4-5-22-7-8)6-11(20)18-10-3-2-9(15)12(16)13(10)17/h2-5,7H,6H2,1H3,(H,18,20). The van der Waals surface area contributed by atoms with Gasteiger partial charge in [-0.1, -0.05) is 0 Å². The van der Waals surface area contributed by atoms with Gasteiger partial charge < -0.3 is 10.2 Å². The molecule has 2 amide bonds. The molecule has 0 aliphatic heterocycles. The first-order chi connectivity index (χ1) is 10.4. The van der Waals surface area contributed by atoms with Gasteiger partial charge in [-0.15, -0.1) is 0 Å². The smallest absolute Gasteiger partial charge is 0.254 e. The van der Waals surface area contributed by atoms with Gasteiger partial charge in [0, 0.05) is 12.4 Å². The molecule has 0 radical (unpaired) electrons. The average molecular weight is 328 g/mol. The van der Waals surface area contributed by atoms with E-state index >= 15 is 0 Å². The highest BCUT2D eigenvalue weighted by molar-refractivity contribution is 7.08. The molecule has 0 unspecified atom stereocenters. The van der Waals surface area contributed by atoms with Crippen molar-refractivity contribution in [3.63, 3.8) is 0 Å². The van der Waals surface area contributed by atoms with E-state index in [1.165, 1.54) is 18.4 Å². The minimum absolute atomic E-state index is 0.354. The van der Waals surface area contributed by atoms with Crippen molar-refractivity contribution in [2.24, 2.45) is 0 Å². The molecule has 4 nitrogen and oxygen atoms in total. The highest BCUT2D eigenvalue weighted by Gasteiger charge is 2.18. The first-order valence-electron chi connectivity index (χ1n) is 6.11. The van der Waals surface area contributed by atoms with E-state index in [0.29, 0.717) is 11.6 Å². The molecule has 1 aromatic carbocycles. The van der Waals surface area contributed by atoms with Crippen LogP contribution >= 0.6 is 11.3 Å². The Morgan fingerprint density at radius 2 is 1.91 bits per heavy atom. The van der Waals surface area contributed by atoms with E-state index in [1.54, 1.807) is 16.8 Å². The number of likely N-dealkylation sites (N-methyl/N-ethyl adjacent to an activating group) is 1. The quantitative estimate of drug-likeness (QED) is 0.878. The Kier molecular flexibility index (Phi) is 4.81. The molecule has 2 aromatic rings. The van der Waals surface area contributed by atoms with Crippen LogP contribution in [0.2, 0.25) is 0 Å². The Morgan fingerprint density at radius 3 is 2.55 bits per heavy atom. The summed E-state index contributed by atoms with van der Waals surface area (Å²) in [7, 11) is 1.40. The summed E-state index contributed by atoms with van der Waals surface area (Å²) in [5.74, 6) is -5.60. The third-order valence-corrected chi connectivity index (χ3v) is 3.49. The molecular weight excluding hydrogens is 317 g/mol. The fourth-order valence-electron chi connectivity index (χ4n) is 1.71. The zero-order valence-electron chi connectivity index (χ0n) is 11.4. The Morgan fingerprint density at radius 1 is 1.18 bits per heavy atom. The van der Waals surface area contributed by atoms with E-state index in [0.717, 1.165) is 11.0 Å². The molecule has 0 fully saturated rings. The van der Waals surface area contributed by atoms with E-state index in [-0.39, 0.29) is 12.5 Å². The SMILES string of the molecule is CN(CC(=O)Nc1ccc(F)c(F)c1F)C(=O)c1ccsc1. The van der Waals surface area contributed by atoms with Crippen LogP contribution in [0.1, 0.15) is 10.4 Å². The van der Waals surface area contributed by atoms with Gasteiger partial charge in [-0.25, -0.2) is 13.2 Å². The summed E-state index contributed by atoms with van der Waals surface area (Å²) in [6, 6.07) is 3.22. The molecule has 0 bridgehead atoms. The minimum Gasteiger partial charge on any atom is -0.332 e. The summed E-state index contributed by atoms with van der Waals surface area (Å²) in [4.78, 5) is 24.8. The number of anilines is 1. The molecule has 1 heterocycles. The first-order valence-corrected chi connectivity index (χ1v) is 7.05. The van der Waals surface area contributed by atoms with Crippen LogP contribution in [-0.2, 0) is 4.79 Å². The second-order valence-electron chi connectivity index (χ2n) is 4.44. The molecule has 22 heavy (non-hydrogen) atoms. The summed E-state index contributed by atoms with van der Waals surface area (Å²) in [6.45, 7) is -0.354. The molecule has 0 spiro atoms. The zero-order valence-corrected chi connectivity index (χ0v) is 12.2. The number of hydrogen-bond donors (Lipinski definition) is 1. The van der Waals surface area contributed by atoms with Gasteiger partial charge in [0.05, 0.1) is 17.8 Å². The molecule has 0 aliphatic carbocycles. The lowest BCUT2D eigenvalue weighted by molar-refractivity contribution is -0.116. The van der Waals surface area contributed by atoms with Crippen molar-refractivity contribution in [2.45, 2.75) is 0 Å². The van der Waals surface area contributed by atoms with Gasteiger partial charge in [0.1, 0.15) is 0 Å². The molecule has 0 aliphatic rings. The second kappa shape index (κ2) is 6.61. The number of benzene rings is 1. The van der Waals surface area contributed by atoms with Crippen molar-refractivity contribution < 1.29 is 22.8 Å². The number of carbonyl (C=O) groups excluding carboxylic acids is 2. The summed E-state index contributed by atoms with van der Waals surface area (Å²) < 4.78 is 39.3. The summed E-state index contributed by atoms with van der Waals surface area (Å²) in [5, 5.41) is 5.45. The van der Waals surface area contributed by atoms with Crippen LogP contribution in [0, 0.1) is 17.5 Å². The number of thiophene rings is 1. The zero-order chi connectivity index (χ0) is 16.3. The highest BCUT2D eigenvalue weighted by atomic mass is 32.1. The van der Waals surface area contributed by atoms with Gasteiger partial charge in [-0.05, 0) is 23.6 Å². The van der Waals surface area contributed by atoms with Crippen molar-refractivity contribution in [3.05, 3.63) is 52.0 Å². The van der Waals surface area contributed by atoms with Gasteiger partial charge >= 0.3 is 0 Å². The number of nitrogens with one attached hydrogen (secondary N) is 1. The number of hydrogen-bond acceptors (Lipinski definition) is 3. The maximum Gasteiger partial charge on any atom is 0.254 e. The first kappa shape index (κ1) is 16.0. The lowest BCUT2D eigenvalue weighted by atomic mass is 10.2. The van der Waals surface area contributed by atoms with Crippen LogP contribution in [0.15, 0.2) is 29.0 Å². The van der Waals surface area contributed by atoms with Gasteiger partial charge in [0.2, 0.25) is 5.91 Å². The Hall–Kier alpha value is -2.35. The van der Waals surface area contributed by atoms with Crippen molar-refractivity contribution in [3.8, 4) is 0 Å². The Labute approximate surface area is 128 Å². The van der Waals surface area contributed by atoms with Crippen LogP contribution in [0.25, 0.3) is 0 Å². The lowest BCUT2D eigenvalue weighted by Gasteiger charge is -2.16. The summed E-state index contributed by atoms with van der Waals surface area (Å²) in [5.41, 5.74) is -0.0559. The van der Waals surface area contributed by atoms with Crippen molar-refractivity contribution in [1.29, 1.82) is 0 Å². The monoisotopic (exact) mass is 328 g/mol. The fraction of sp³-hybridized carbons (Fsp3) is 0.143. The van der Waals surface area contributed by atoms with Crippen LogP contribution in [0.3, 0.4) is 0 Å². The normalized spacial score (nSPS) is 10.4. The van der Waals surface area contributed by atoms with Crippen LogP contribution in [0.4, 0.5) is 18.9 Å². The highest BCUT2D eigenvalue weighted by Crippen LogP contribution is 2.19. The van der Waals surface area contributed by atoms with Crippen LogP contribution in [0.5, 0.6) is 0 Å². The Balaban J connectivity index is 2.01. The van der Waals surface area contributed by atoms with Crippen molar-refractivity contribution >= 4 is 28.8 Å². The molecule has 1 N–H and O–H groups in total. The fourth-order valence-corrected chi connectivity index (χ4v) is 2.34. The van der Waals surface area contributed by atoms with Gasteiger partial charge in [-0.3, -0.25) is 9.59 Å². The Bertz CT molecular complexity index is 704. The van der Waals surface area contributed by atoms with Crippen molar-refractivity contribution in [2.75, 3.05) is 18.9 Å². The number of amides is 2. The van der Waals surface area contributed by atoms with Gasteiger partial charge in [0.15, 0.2) is 17.5 Å². The molecule has 1 aromatic heterocycles. The average Bonchev–Trinajstić information content (AvgIpc) is 3.01. The number of carbonyl (C=O) groups is 2. The van der Waals surface area contributed by atoms with E-state index < -0.39 is 29.0 Å². The van der Waals surface area contributed by atoms with Crippen molar-refractivity contribution in [1.82, 2.24) is 4.90 Å². The summed E-state index contributed by atoms with van der Waals surface area (Å²) >= 11 is 1.34. The molecule has 116 valence electrons. The third-order valence-electron chi connectivity index (χ3n) is 2.80. The topological polar surface area (TPSA) is 49.4 Å². The predicted molar refractivity (Wildman–Crippen MR) is 76.2 cm³/mol.